The molecule has 0 heterocycles. The van der Waals surface area contributed by atoms with E-state index in [0.29, 0.717) is 5.41 Å². The molecule has 156 valence electrons. The number of rotatable bonds is 2. The van der Waals surface area contributed by atoms with Gasteiger partial charge in [0.25, 0.3) is 0 Å². The van der Waals surface area contributed by atoms with Gasteiger partial charge in [-0.1, -0.05) is 117 Å². The van der Waals surface area contributed by atoms with E-state index in [0.717, 1.165) is 12.0 Å². The van der Waals surface area contributed by atoms with Crippen LogP contribution in [0.1, 0.15) is 79.0 Å². The first-order valence-corrected chi connectivity index (χ1v) is 10.3. The number of benzene rings is 2. The van der Waals surface area contributed by atoms with Gasteiger partial charge in [0.2, 0.25) is 0 Å². The molecule has 0 aliphatic carbocycles. The fourth-order valence-electron chi connectivity index (χ4n) is 3.11. The van der Waals surface area contributed by atoms with Crippen LogP contribution in [0.5, 0.6) is 0 Å². The maximum Gasteiger partial charge on any atom is 0.0952 e. The average molecular weight is 383 g/mol. The van der Waals surface area contributed by atoms with Crippen LogP contribution in [-0.2, 0) is 17.5 Å². The quantitative estimate of drug-likeness (QED) is 0.592. The predicted octanol–water partition coefficient (Wildman–Crippen LogP) is 6.38. The molecule has 2 nitrogen and oxygen atoms in total. The first-order chi connectivity index (χ1) is 12.6. The van der Waals surface area contributed by atoms with Crippen molar-refractivity contribution in [2.45, 2.75) is 79.8 Å². The van der Waals surface area contributed by atoms with Crippen LogP contribution in [0.25, 0.3) is 0 Å². The monoisotopic (exact) mass is 382 g/mol. The van der Waals surface area contributed by atoms with E-state index in [1.165, 1.54) is 11.1 Å². The first kappa shape index (κ1) is 24.4. The summed E-state index contributed by atoms with van der Waals surface area (Å²) in [6, 6.07) is 18.8. The highest BCUT2D eigenvalue weighted by molar-refractivity contribution is 5.38. The zero-order chi connectivity index (χ0) is 21.8. The van der Waals surface area contributed by atoms with Gasteiger partial charge in [0, 0.05) is 0 Å². The molecule has 0 bridgehead atoms. The van der Waals surface area contributed by atoms with Gasteiger partial charge in [-0.05, 0) is 39.4 Å². The standard InChI is InChI=1S/C15H26N2.C11H16/c1-13(2,3)11-9-7-8-10-12(11)15(16,17)14(4,5)6;1-11(2,3)9-10-7-5-4-6-8-10/h7-10H,16-17H2,1-6H3;4-8H,9H2,1-3H3. The van der Waals surface area contributed by atoms with Crippen molar-refractivity contribution in [1.29, 1.82) is 0 Å². The largest absolute Gasteiger partial charge is 0.309 e. The molecule has 28 heavy (non-hydrogen) atoms. The van der Waals surface area contributed by atoms with Crippen molar-refractivity contribution >= 4 is 0 Å². The van der Waals surface area contributed by atoms with E-state index in [1.807, 2.05) is 18.2 Å². The molecule has 0 aliphatic heterocycles. The highest BCUT2D eigenvalue weighted by Gasteiger charge is 2.38. The summed E-state index contributed by atoms with van der Waals surface area (Å²) in [5, 5.41) is 0. The Bertz CT molecular complexity index is 724. The van der Waals surface area contributed by atoms with Crippen LogP contribution in [0.4, 0.5) is 0 Å². The summed E-state index contributed by atoms with van der Waals surface area (Å²) >= 11 is 0. The van der Waals surface area contributed by atoms with E-state index in [1.54, 1.807) is 0 Å². The summed E-state index contributed by atoms with van der Waals surface area (Å²) in [4.78, 5) is 0. The van der Waals surface area contributed by atoms with Crippen molar-refractivity contribution in [2.24, 2.45) is 22.3 Å². The second-order valence-electron chi connectivity index (χ2n) is 11.1. The van der Waals surface area contributed by atoms with Crippen LogP contribution in [-0.4, -0.2) is 0 Å². The van der Waals surface area contributed by atoms with Gasteiger partial charge in [0.15, 0.2) is 0 Å². The molecular formula is C26H42N2. The summed E-state index contributed by atoms with van der Waals surface area (Å²) in [6.45, 7) is 19.6. The van der Waals surface area contributed by atoms with Crippen LogP contribution in [0, 0.1) is 10.8 Å². The fraction of sp³-hybridized carbons (Fsp3) is 0.538. The summed E-state index contributed by atoms with van der Waals surface area (Å²) in [6.07, 6.45) is 1.16. The number of hydrogen-bond acceptors (Lipinski definition) is 2. The van der Waals surface area contributed by atoms with Gasteiger partial charge >= 0.3 is 0 Å². The number of hydrogen-bond donors (Lipinski definition) is 2. The SMILES string of the molecule is CC(C)(C)Cc1ccccc1.CC(C)(C)c1ccccc1C(N)(N)C(C)(C)C. The van der Waals surface area contributed by atoms with Gasteiger partial charge in [0.05, 0.1) is 5.66 Å². The molecule has 4 N–H and O–H groups in total. The lowest BCUT2D eigenvalue weighted by Gasteiger charge is -2.41. The topological polar surface area (TPSA) is 52.0 Å². The Kier molecular flexibility index (Phi) is 7.67. The van der Waals surface area contributed by atoms with E-state index in [2.05, 4.69) is 98.7 Å². The predicted molar refractivity (Wildman–Crippen MR) is 124 cm³/mol. The molecule has 0 aliphatic rings. The van der Waals surface area contributed by atoms with Crippen molar-refractivity contribution in [1.82, 2.24) is 0 Å². The van der Waals surface area contributed by atoms with Crippen molar-refractivity contribution < 1.29 is 0 Å². The van der Waals surface area contributed by atoms with Gasteiger partial charge in [-0.15, -0.1) is 0 Å². The molecule has 0 radical (unpaired) electrons. The lowest BCUT2D eigenvalue weighted by Crippen LogP contribution is -2.57. The van der Waals surface area contributed by atoms with Gasteiger partial charge in [-0.2, -0.15) is 0 Å². The molecule has 2 rings (SSSR count). The molecule has 0 aromatic heterocycles. The van der Waals surface area contributed by atoms with Gasteiger partial charge < -0.3 is 11.5 Å². The summed E-state index contributed by atoms with van der Waals surface area (Å²) in [5.74, 6) is 0. The summed E-state index contributed by atoms with van der Waals surface area (Å²) < 4.78 is 0. The Morgan fingerprint density at radius 3 is 1.43 bits per heavy atom. The van der Waals surface area contributed by atoms with Crippen LogP contribution in [0.15, 0.2) is 54.6 Å². The van der Waals surface area contributed by atoms with Crippen LogP contribution in [0.3, 0.4) is 0 Å². The van der Waals surface area contributed by atoms with E-state index in [4.69, 9.17) is 11.5 Å². The second-order valence-corrected chi connectivity index (χ2v) is 11.1. The van der Waals surface area contributed by atoms with Crippen molar-refractivity contribution in [2.75, 3.05) is 0 Å². The molecule has 2 aromatic carbocycles. The smallest absolute Gasteiger partial charge is 0.0952 e. The van der Waals surface area contributed by atoms with Crippen molar-refractivity contribution in [3.05, 3.63) is 71.3 Å². The Balaban J connectivity index is 0.000000307. The zero-order valence-electron chi connectivity index (χ0n) is 19.6. The van der Waals surface area contributed by atoms with Crippen molar-refractivity contribution in [3.8, 4) is 0 Å². The fourth-order valence-corrected chi connectivity index (χ4v) is 3.11. The molecule has 2 aromatic rings. The van der Waals surface area contributed by atoms with E-state index in [9.17, 15) is 0 Å². The summed E-state index contributed by atoms with van der Waals surface area (Å²) in [5.41, 5.74) is 15.9. The highest BCUT2D eigenvalue weighted by Crippen LogP contribution is 2.37. The van der Waals surface area contributed by atoms with E-state index >= 15 is 0 Å². The molecule has 0 atom stereocenters. The lowest BCUT2D eigenvalue weighted by molar-refractivity contribution is 0.193. The first-order valence-electron chi connectivity index (χ1n) is 10.3. The van der Waals surface area contributed by atoms with E-state index in [-0.39, 0.29) is 10.8 Å². The summed E-state index contributed by atoms with van der Waals surface area (Å²) in [7, 11) is 0. The normalized spacial score (nSPS) is 13.0. The third kappa shape index (κ3) is 7.07. The Morgan fingerprint density at radius 1 is 0.607 bits per heavy atom. The molecule has 0 fully saturated rings. The maximum atomic E-state index is 6.39. The zero-order valence-corrected chi connectivity index (χ0v) is 19.6. The van der Waals surface area contributed by atoms with Crippen LogP contribution in [0.2, 0.25) is 0 Å². The molecule has 0 saturated carbocycles. The Labute approximate surface area is 173 Å². The Morgan fingerprint density at radius 2 is 1.04 bits per heavy atom. The molecule has 2 heteroatoms. The molecular weight excluding hydrogens is 340 g/mol. The van der Waals surface area contributed by atoms with E-state index < -0.39 is 5.66 Å². The Hall–Kier alpha value is -1.64. The van der Waals surface area contributed by atoms with Gasteiger partial charge in [-0.3, -0.25) is 0 Å². The lowest BCUT2D eigenvalue weighted by atomic mass is 9.72. The molecule has 0 saturated heterocycles. The molecule has 0 unspecified atom stereocenters. The van der Waals surface area contributed by atoms with Gasteiger partial charge in [-0.25, -0.2) is 0 Å². The minimum atomic E-state index is -0.823. The maximum absolute atomic E-state index is 6.39. The highest BCUT2D eigenvalue weighted by atomic mass is 15.0. The molecule has 0 spiro atoms. The van der Waals surface area contributed by atoms with Crippen molar-refractivity contribution in [3.63, 3.8) is 0 Å². The minimum Gasteiger partial charge on any atom is -0.309 e. The second kappa shape index (κ2) is 8.80. The third-order valence-electron chi connectivity index (χ3n) is 5.00. The molecule has 0 amide bonds. The average Bonchev–Trinajstić information content (AvgIpc) is 2.53. The number of nitrogens with two attached hydrogens (primary N) is 2. The van der Waals surface area contributed by atoms with Crippen LogP contribution >= 0.6 is 0 Å². The third-order valence-corrected chi connectivity index (χ3v) is 5.00. The van der Waals surface area contributed by atoms with Crippen LogP contribution < -0.4 is 11.5 Å². The van der Waals surface area contributed by atoms with Gasteiger partial charge in [0.1, 0.15) is 0 Å². The minimum absolute atomic E-state index is 0.0475.